The van der Waals surface area contributed by atoms with Crippen LogP contribution in [0.4, 0.5) is 5.69 Å². The van der Waals surface area contributed by atoms with Gasteiger partial charge in [0.25, 0.3) is 10.0 Å². The summed E-state index contributed by atoms with van der Waals surface area (Å²) in [6, 6.07) is 12.7. The van der Waals surface area contributed by atoms with Crippen molar-refractivity contribution in [1.29, 1.82) is 0 Å². The number of nitrogens with zero attached hydrogens (tertiary/aromatic N) is 1. The fraction of sp³-hybridized carbons (Fsp3) is 0.0625. The predicted octanol–water partition coefficient (Wildman–Crippen LogP) is 3.24. The molecule has 1 aromatic heterocycles. The van der Waals surface area contributed by atoms with E-state index in [0.717, 1.165) is 5.56 Å². The third-order valence-corrected chi connectivity index (χ3v) is 5.00. The van der Waals surface area contributed by atoms with E-state index < -0.39 is 10.0 Å². The number of nitrogens with one attached hydrogen (secondary N) is 1. The van der Waals surface area contributed by atoms with Gasteiger partial charge < -0.3 is 5.21 Å². The summed E-state index contributed by atoms with van der Waals surface area (Å²) in [6.07, 6.45) is 1.31. The molecule has 2 aromatic carbocycles. The van der Waals surface area contributed by atoms with Crippen LogP contribution >= 0.6 is 11.6 Å². The lowest BCUT2D eigenvalue weighted by Gasteiger charge is -2.11. The zero-order valence-electron chi connectivity index (χ0n) is 12.2. The first-order valence-corrected chi connectivity index (χ1v) is 8.64. The minimum Gasteiger partial charge on any atom is -0.618 e. The van der Waals surface area contributed by atoms with E-state index in [0.29, 0.717) is 15.1 Å². The van der Waals surface area contributed by atoms with Crippen LogP contribution in [-0.4, -0.2) is 8.42 Å². The molecule has 0 bridgehead atoms. The van der Waals surface area contributed by atoms with Crippen molar-refractivity contribution in [2.45, 2.75) is 11.8 Å². The van der Waals surface area contributed by atoms with Crippen molar-refractivity contribution < 1.29 is 13.1 Å². The Bertz CT molecular complexity index is 986. The molecule has 1 heterocycles. The molecule has 0 unspecified atom stereocenters. The highest BCUT2D eigenvalue weighted by atomic mass is 35.5. The molecule has 0 spiro atoms. The topological polar surface area (TPSA) is 73.1 Å². The molecule has 0 aliphatic carbocycles. The van der Waals surface area contributed by atoms with Crippen molar-refractivity contribution in [2.24, 2.45) is 0 Å². The number of halogens is 1. The number of fused-ring (bicyclic) bond motifs is 1. The van der Waals surface area contributed by atoms with E-state index >= 15 is 0 Å². The predicted molar refractivity (Wildman–Crippen MR) is 89.9 cm³/mol. The second kappa shape index (κ2) is 5.72. The van der Waals surface area contributed by atoms with Gasteiger partial charge in [-0.15, -0.1) is 0 Å². The molecule has 3 aromatic rings. The Hall–Kier alpha value is -2.31. The van der Waals surface area contributed by atoms with E-state index in [1.54, 1.807) is 30.3 Å². The Morgan fingerprint density at radius 3 is 2.52 bits per heavy atom. The highest BCUT2D eigenvalue weighted by Crippen LogP contribution is 2.27. The van der Waals surface area contributed by atoms with Crippen LogP contribution in [0.15, 0.2) is 59.6 Å². The average molecular weight is 349 g/mol. The number of anilines is 1. The van der Waals surface area contributed by atoms with E-state index in [1.165, 1.54) is 24.4 Å². The summed E-state index contributed by atoms with van der Waals surface area (Å²) in [5, 5.41) is 12.9. The molecule has 0 saturated carbocycles. The second-order valence-corrected chi connectivity index (χ2v) is 7.26. The Balaban J connectivity index is 2.12. The molecular weight excluding hydrogens is 336 g/mol. The van der Waals surface area contributed by atoms with Crippen LogP contribution in [0.2, 0.25) is 5.02 Å². The van der Waals surface area contributed by atoms with Crippen molar-refractivity contribution in [2.75, 3.05) is 4.72 Å². The summed E-state index contributed by atoms with van der Waals surface area (Å²) in [5.74, 6) is 0. The number of rotatable bonds is 3. The molecule has 118 valence electrons. The molecule has 0 fully saturated rings. The average Bonchev–Trinajstić information content (AvgIpc) is 2.46. The molecule has 5 nitrogen and oxygen atoms in total. The van der Waals surface area contributed by atoms with E-state index in [2.05, 4.69) is 4.72 Å². The Labute approximate surface area is 138 Å². The number of benzene rings is 2. The molecule has 0 aliphatic heterocycles. The van der Waals surface area contributed by atoms with Gasteiger partial charge in [0.05, 0.1) is 10.3 Å². The Morgan fingerprint density at radius 1 is 1.13 bits per heavy atom. The third-order valence-electron chi connectivity index (χ3n) is 3.40. The third kappa shape index (κ3) is 3.09. The van der Waals surface area contributed by atoms with Gasteiger partial charge in [-0.05, 0) is 37.3 Å². The smallest absolute Gasteiger partial charge is 0.262 e. The maximum Gasteiger partial charge on any atom is 0.262 e. The van der Waals surface area contributed by atoms with Gasteiger partial charge in [0.1, 0.15) is 5.69 Å². The first-order chi connectivity index (χ1) is 10.9. The largest absolute Gasteiger partial charge is 0.618 e. The van der Waals surface area contributed by atoms with Crippen LogP contribution in [0.25, 0.3) is 10.9 Å². The Kier molecular flexibility index (Phi) is 3.87. The van der Waals surface area contributed by atoms with Crippen LogP contribution in [0, 0.1) is 12.1 Å². The van der Waals surface area contributed by atoms with Crippen molar-refractivity contribution in [3.8, 4) is 0 Å². The first-order valence-electron chi connectivity index (χ1n) is 6.78. The van der Waals surface area contributed by atoms with Crippen LogP contribution < -0.4 is 9.45 Å². The summed E-state index contributed by atoms with van der Waals surface area (Å²) in [7, 11) is -3.82. The number of hydrogen-bond donors (Lipinski definition) is 1. The standard InChI is InChI=1S/C16H13ClN2O3S/c1-11-4-6-14(7-5-11)23(21,22)18-15-10-13(17)9-12-3-2-8-19(20)16(12)15/h2-10,18H,1H3. The summed E-state index contributed by atoms with van der Waals surface area (Å²) in [6.45, 7) is 1.87. The zero-order chi connectivity index (χ0) is 16.6. The number of sulfonamides is 1. The lowest BCUT2D eigenvalue weighted by atomic mass is 10.2. The fourth-order valence-electron chi connectivity index (χ4n) is 2.29. The van der Waals surface area contributed by atoms with Gasteiger partial charge in [0.2, 0.25) is 5.52 Å². The van der Waals surface area contributed by atoms with E-state index in [1.807, 2.05) is 6.92 Å². The molecule has 1 N–H and O–H groups in total. The van der Waals surface area contributed by atoms with Crippen LogP contribution in [-0.2, 0) is 10.0 Å². The number of aryl methyl sites for hydroxylation is 1. The number of aromatic nitrogens is 1. The van der Waals surface area contributed by atoms with Gasteiger partial charge in [-0.2, -0.15) is 4.73 Å². The first kappa shape index (κ1) is 15.6. The molecule has 0 aliphatic rings. The lowest BCUT2D eigenvalue weighted by Crippen LogP contribution is -2.27. The second-order valence-electron chi connectivity index (χ2n) is 5.14. The van der Waals surface area contributed by atoms with E-state index in [-0.39, 0.29) is 16.1 Å². The summed E-state index contributed by atoms with van der Waals surface area (Å²) >= 11 is 6.03. The molecule has 3 rings (SSSR count). The molecule has 0 radical (unpaired) electrons. The SMILES string of the molecule is Cc1ccc(S(=O)(=O)Nc2cc(Cl)cc3ccc[n+]([O-])c23)cc1. The maximum absolute atomic E-state index is 12.5. The van der Waals surface area contributed by atoms with Crippen LogP contribution in [0.1, 0.15) is 5.56 Å². The summed E-state index contributed by atoms with van der Waals surface area (Å²) in [5.41, 5.74) is 1.31. The minimum absolute atomic E-state index is 0.115. The highest BCUT2D eigenvalue weighted by Gasteiger charge is 2.19. The molecule has 0 saturated heterocycles. The molecular formula is C16H13ClN2O3S. The summed E-state index contributed by atoms with van der Waals surface area (Å²) < 4.78 is 28.1. The molecule has 7 heteroatoms. The quantitative estimate of drug-likeness (QED) is 0.583. The van der Waals surface area contributed by atoms with E-state index in [4.69, 9.17) is 11.6 Å². The monoisotopic (exact) mass is 348 g/mol. The van der Waals surface area contributed by atoms with Gasteiger partial charge >= 0.3 is 0 Å². The summed E-state index contributed by atoms with van der Waals surface area (Å²) in [4.78, 5) is 0.115. The van der Waals surface area contributed by atoms with Crippen LogP contribution in [0.5, 0.6) is 0 Å². The minimum atomic E-state index is -3.82. The van der Waals surface area contributed by atoms with Crippen molar-refractivity contribution >= 4 is 38.2 Å². The number of pyridine rings is 1. The lowest BCUT2D eigenvalue weighted by molar-refractivity contribution is -0.576. The number of hydrogen-bond acceptors (Lipinski definition) is 3. The van der Waals surface area contributed by atoms with E-state index in [9.17, 15) is 13.6 Å². The highest BCUT2D eigenvalue weighted by molar-refractivity contribution is 7.92. The van der Waals surface area contributed by atoms with Gasteiger partial charge in [0, 0.05) is 11.1 Å². The zero-order valence-corrected chi connectivity index (χ0v) is 13.7. The fourth-order valence-corrected chi connectivity index (χ4v) is 3.58. The normalized spacial score (nSPS) is 11.6. The van der Waals surface area contributed by atoms with Crippen molar-refractivity contribution in [1.82, 2.24) is 0 Å². The van der Waals surface area contributed by atoms with Crippen molar-refractivity contribution in [3.63, 3.8) is 0 Å². The Morgan fingerprint density at radius 2 is 1.83 bits per heavy atom. The van der Waals surface area contributed by atoms with Crippen molar-refractivity contribution in [3.05, 3.63) is 70.5 Å². The van der Waals surface area contributed by atoms with Gasteiger partial charge in [-0.25, -0.2) is 8.42 Å². The maximum atomic E-state index is 12.5. The van der Waals surface area contributed by atoms with Gasteiger partial charge in [-0.3, -0.25) is 4.72 Å². The van der Waals surface area contributed by atoms with Crippen LogP contribution in [0.3, 0.4) is 0 Å². The molecule has 0 atom stereocenters. The van der Waals surface area contributed by atoms with Gasteiger partial charge in [-0.1, -0.05) is 29.3 Å². The molecule has 0 amide bonds. The van der Waals surface area contributed by atoms with Gasteiger partial charge in [0.15, 0.2) is 6.20 Å². The molecule has 23 heavy (non-hydrogen) atoms.